The Morgan fingerprint density at radius 1 is 1.18 bits per heavy atom. The standard InChI is InChI=1S/C16H14N4O2/c1-9-5-6-17-14(7-9)15-12-4-3-11(18-10(2)21)8-13(12)16(22)20-19-15/h3-8H,1-2H3,(H,18,21)(H,20,22). The number of aromatic nitrogens is 3. The number of fused-ring (bicyclic) bond motifs is 1. The van der Waals surface area contributed by atoms with Crippen LogP contribution in [0.1, 0.15) is 12.5 Å². The van der Waals surface area contributed by atoms with E-state index in [1.807, 2.05) is 19.1 Å². The lowest BCUT2D eigenvalue weighted by molar-refractivity contribution is -0.114. The van der Waals surface area contributed by atoms with Crippen LogP contribution in [-0.2, 0) is 4.79 Å². The fourth-order valence-electron chi connectivity index (χ4n) is 2.31. The molecule has 0 saturated carbocycles. The molecule has 0 radical (unpaired) electrons. The van der Waals surface area contributed by atoms with Gasteiger partial charge in [-0.2, -0.15) is 5.10 Å². The number of anilines is 1. The van der Waals surface area contributed by atoms with E-state index >= 15 is 0 Å². The van der Waals surface area contributed by atoms with Gasteiger partial charge in [-0.1, -0.05) is 0 Å². The van der Waals surface area contributed by atoms with Gasteiger partial charge in [-0.05, 0) is 42.8 Å². The lowest BCUT2D eigenvalue weighted by Gasteiger charge is -2.07. The van der Waals surface area contributed by atoms with E-state index in [9.17, 15) is 9.59 Å². The van der Waals surface area contributed by atoms with E-state index in [1.54, 1.807) is 24.4 Å². The number of pyridine rings is 1. The Balaban J connectivity index is 2.23. The smallest absolute Gasteiger partial charge is 0.272 e. The molecule has 2 heterocycles. The maximum Gasteiger partial charge on any atom is 0.272 e. The van der Waals surface area contributed by atoms with Crippen molar-refractivity contribution >= 4 is 22.4 Å². The van der Waals surface area contributed by atoms with Crippen molar-refractivity contribution in [1.82, 2.24) is 15.2 Å². The van der Waals surface area contributed by atoms with Crippen molar-refractivity contribution in [3.8, 4) is 11.4 Å². The zero-order valence-electron chi connectivity index (χ0n) is 12.2. The van der Waals surface area contributed by atoms with E-state index in [2.05, 4.69) is 20.5 Å². The van der Waals surface area contributed by atoms with E-state index in [0.717, 1.165) is 5.56 Å². The van der Waals surface area contributed by atoms with Crippen LogP contribution < -0.4 is 10.9 Å². The summed E-state index contributed by atoms with van der Waals surface area (Å²) in [5.74, 6) is -0.189. The molecular weight excluding hydrogens is 280 g/mol. The van der Waals surface area contributed by atoms with Crippen LogP contribution in [0.2, 0.25) is 0 Å². The van der Waals surface area contributed by atoms with Gasteiger partial charge in [-0.25, -0.2) is 5.10 Å². The first kappa shape index (κ1) is 13.9. The lowest BCUT2D eigenvalue weighted by Crippen LogP contribution is -2.11. The minimum Gasteiger partial charge on any atom is -0.326 e. The Labute approximate surface area is 126 Å². The highest BCUT2D eigenvalue weighted by Crippen LogP contribution is 2.25. The Morgan fingerprint density at radius 3 is 2.73 bits per heavy atom. The Kier molecular flexibility index (Phi) is 3.42. The number of benzene rings is 1. The SMILES string of the molecule is CC(=O)Nc1ccc2c(-c3cc(C)ccn3)n[nH]c(=O)c2c1. The number of hydrogen-bond donors (Lipinski definition) is 2. The number of H-pyrrole nitrogens is 1. The molecule has 6 nitrogen and oxygen atoms in total. The lowest BCUT2D eigenvalue weighted by atomic mass is 10.1. The van der Waals surface area contributed by atoms with Gasteiger partial charge >= 0.3 is 0 Å². The number of amides is 1. The number of hydrogen-bond acceptors (Lipinski definition) is 4. The fourth-order valence-corrected chi connectivity index (χ4v) is 2.31. The van der Waals surface area contributed by atoms with Crippen LogP contribution in [-0.4, -0.2) is 21.1 Å². The molecule has 3 rings (SSSR count). The van der Waals surface area contributed by atoms with Gasteiger partial charge in [0.05, 0.1) is 11.1 Å². The minimum atomic E-state index is -0.307. The molecule has 0 fully saturated rings. The molecule has 0 bridgehead atoms. The Bertz CT molecular complexity index is 931. The molecule has 22 heavy (non-hydrogen) atoms. The van der Waals surface area contributed by atoms with Crippen LogP contribution in [0.15, 0.2) is 41.3 Å². The van der Waals surface area contributed by atoms with Crippen LogP contribution in [0.4, 0.5) is 5.69 Å². The summed E-state index contributed by atoms with van der Waals surface area (Å²) in [5.41, 5.74) is 2.61. The summed E-state index contributed by atoms with van der Waals surface area (Å²) in [6.07, 6.45) is 1.70. The number of nitrogens with zero attached hydrogens (tertiary/aromatic N) is 2. The third kappa shape index (κ3) is 2.58. The van der Waals surface area contributed by atoms with Crippen molar-refractivity contribution in [3.63, 3.8) is 0 Å². The van der Waals surface area contributed by atoms with Crippen molar-refractivity contribution in [1.29, 1.82) is 0 Å². The van der Waals surface area contributed by atoms with E-state index in [4.69, 9.17) is 0 Å². The van der Waals surface area contributed by atoms with Gasteiger partial charge < -0.3 is 5.32 Å². The highest BCUT2D eigenvalue weighted by molar-refractivity contribution is 5.97. The second-order valence-corrected chi connectivity index (χ2v) is 5.06. The van der Waals surface area contributed by atoms with Gasteiger partial charge in [0, 0.05) is 24.2 Å². The maximum absolute atomic E-state index is 12.0. The van der Waals surface area contributed by atoms with Gasteiger partial charge in [-0.3, -0.25) is 14.6 Å². The third-order valence-corrected chi connectivity index (χ3v) is 3.27. The number of aryl methyl sites for hydroxylation is 1. The van der Waals surface area contributed by atoms with Crippen LogP contribution in [0.25, 0.3) is 22.2 Å². The van der Waals surface area contributed by atoms with Gasteiger partial charge in [0.15, 0.2) is 0 Å². The molecule has 3 aromatic rings. The molecule has 0 aliphatic heterocycles. The third-order valence-electron chi connectivity index (χ3n) is 3.27. The number of rotatable bonds is 2. The summed E-state index contributed by atoms with van der Waals surface area (Å²) in [6, 6.07) is 8.94. The van der Waals surface area contributed by atoms with Gasteiger partial charge in [0.2, 0.25) is 5.91 Å². The molecule has 0 atom stereocenters. The molecule has 0 aliphatic carbocycles. The molecule has 1 aromatic carbocycles. The average Bonchev–Trinajstić information content (AvgIpc) is 2.47. The molecular formula is C16H14N4O2. The molecule has 0 saturated heterocycles. The molecule has 0 aliphatic rings. The quantitative estimate of drug-likeness (QED) is 0.758. The van der Waals surface area contributed by atoms with Crippen molar-refractivity contribution in [2.24, 2.45) is 0 Å². The minimum absolute atomic E-state index is 0.189. The second-order valence-electron chi connectivity index (χ2n) is 5.06. The number of carbonyl (C=O) groups excluding carboxylic acids is 1. The predicted octanol–water partition coefficient (Wildman–Crippen LogP) is 2.25. The Morgan fingerprint density at radius 2 is 2.00 bits per heavy atom. The normalized spacial score (nSPS) is 10.6. The zero-order valence-corrected chi connectivity index (χ0v) is 12.2. The molecule has 6 heteroatoms. The first-order chi connectivity index (χ1) is 10.5. The molecule has 2 aromatic heterocycles. The number of aromatic amines is 1. The average molecular weight is 294 g/mol. The summed E-state index contributed by atoms with van der Waals surface area (Å²) < 4.78 is 0. The molecule has 0 unspecified atom stereocenters. The summed E-state index contributed by atoms with van der Waals surface area (Å²) in [7, 11) is 0. The van der Waals surface area contributed by atoms with Crippen LogP contribution in [0.5, 0.6) is 0 Å². The van der Waals surface area contributed by atoms with Gasteiger partial charge in [-0.15, -0.1) is 0 Å². The molecule has 110 valence electrons. The van der Waals surface area contributed by atoms with Crippen LogP contribution in [0.3, 0.4) is 0 Å². The van der Waals surface area contributed by atoms with Crippen LogP contribution in [0, 0.1) is 6.92 Å². The summed E-state index contributed by atoms with van der Waals surface area (Å²) >= 11 is 0. The van der Waals surface area contributed by atoms with E-state index in [1.165, 1.54) is 6.92 Å². The van der Waals surface area contributed by atoms with Crippen molar-refractivity contribution in [2.75, 3.05) is 5.32 Å². The number of carbonyl (C=O) groups is 1. The molecule has 1 amide bonds. The first-order valence-electron chi connectivity index (χ1n) is 6.77. The second kappa shape index (κ2) is 5.40. The summed E-state index contributed by atoms with van der Waals surface area (Å²) in [5, 5.41) is 10.4. The molecule has 0 spiro atoms. The summed E-state index contributed by atoms with van der Waals surface area (Å²) in [4.78, 5) is 27.5. The van der Waals surface area contributed by atoms with Gasteiger partial charge in [0.1, 0.15) is 5.69 Å². The highest BCUT2D eigenvalue weighted by Gasteiger charge is 2.11. The zero-order chi connectivity index (χ0) is 15.7. The highest BCUT2D eigenvalue weighted by atomic mass is 16.1. The molecule has 2 N–H and O–H groups in total. The van der Waals surface area contributed by atoms with E-state index in [-0.39, 0.29) is 11.5 Å². The van der Waals surface area contributed by atoms with Crippen molar-refractivity contribution in [2.45, 2.75) is 13.8 Å². The van der Waals surface area contributed by atoms with Crippen molar-refractivity contribution in [3.05, 3.63) is 52.4 Å². The van der Waals surface area contributed by atoms with E-state index in [0.29, 0.717) is 27.8 Å². The van der Waals surface area contributed by atoms with Crippen LogP contribution >= 0.6 is 0 Å². The van der Waals surface area contributed by atoms with E-state index < -0.39 is 0 Å². The number of nitrogens with one attached hydrogen (secondary N) is 2. The topological polar surface area (TPSA) is 87.7 Å². The van der Waals surface area contributed by atoms with Crippen molar-refractivity contribution < 1.29 is 4.79 Å². The Hall–Kier alpha value is -3.02. The predicted molar refractivity (Wildman–Crippen MR) is 84.6 cm³/mol. The van der Waals surface area contributed by atoms with Gasteiger partial charge in [0.25, 0.3) is 5.56 Å². The largest absolute Gasteiger partial charge is 0.326 e. The first-order valence-corrected chi connectivity index (χ1v) is 6.77. The summed E-state index contributed by atoms with van der Waals surface area (Å²) in [6.45, 7) is 3.39. The maximum atomic E-state index is 12.0. The monoisotopic (exact) mass is 294 g/mol. The fraction of sp³-hybridized carbons (Fsp3) is 0.125.